The van der Waals surface area contributed by atoms with Crippen molar-refractivity contribution >= 4 is 60.1 Å². The maximum Gasteiger partial charge on any atom is 0.301 e. The van der Waals surface area contributed by atoms with Crippen molar-refractivity contribution in [3.8, 4) is 0 Å². The van der Waals surface area contributed by atoms with Gasteiger partial charge in [-0.25, -0.2) is 9.37 Å². The average Bonchev–Trinajstić information content (AvgIpc) is 3.32. The monoisotopic (exact) mass is 508 g/mol. The van der Waals surface area contributed by atoms with E-state index in [-0.39, 0.29) is 16.5 Å². The lowest BCUT2D eigenvalue weighted by Gasteiger charge is -2.23. The van der Waals surface area contributed by atoms with Crippen molar-refractivity contribution in [2.45, 2.75) is 6.04 Å². The second kappa shape index (κ2) is 7.96. The third kappa shape index (κ3) is 3.41. The normalized spacial score (nSPS) is 17.9. The van der Waals surface area contributed by atoms with Gasteiger partial charge in [-0.05, 0) is 35.9 Å². The summed E-state index contributed by atoms with van der Waals surface area (Å²) < 4.78 is 15.1. The highest BCUT2D eigenvalue weighted by molar-refractivity contribution is 9.10. The van der Waals surface area contributed by atoms with Crippen LogP contribution >= 0.6 is 27.3 Å². The van der Waals surface area contributed by atoms with E-state index in [0.29, 0.717) is 21.3 Å². The van der Waals surface area contributed by atoms with Gasteiger partial charge in [0.1, 0.15) is 11.6 Å². The molecule has 0 saturated carbocycles. The molecule has 1 aliphatic rings. The number of benzene rings is 3. The summed E-state index contributed by atoms with van der Waals surface area (Å²) >= 11 is 4.51. The van der Waals surface area contributed by atoms with Gasteiger partial charge in [-0.15, -0.1) is 0 Å². The van der Waals surface area contributed by atoms with Gasteiger partial charge >= 0.3 is 5.91 Å². The quantitative estimate of drug-likeness (QED) is 0.215. The molecule has 1 aromatic heterocycles. The number of aliphatic hydroxyl groups is 1. The van der Waals surface area contributed by atoms with Crippen LogP contribution in [0, 0.1) is 5.82 Å². The van der Waals surface area contributed by atoms with Crippen LogP contribution < -0.4 is 4.90 Å². The first-order valence-electron chi connectivity index (χ1n) is 9.62. The summed E-state index contributed by atoms with van der Waals surface area (Å²) in [5.41, 5.74) is 1.56. The van der Waals surface area contributed by atoms with Crippen molar-refractivity contribution < 1.29 is 19.1 Å². The molecule has 0 spiro atoms. The van der Waals surface area contributed by atoms with Crippen molar-refractivity contribution in [3.63, 3.8) is 0 Å². The number of aliphatic hydroxyl groups excluding tert-OH is 1. The lowest BCUT2D eigenvalue weighted by molar-refractivity contribution is -0.132. The summed E-state index contributed by atoms with van der Waals surface area (Å²) in [6.07, 6.45) is 0. The molecule has 1 atom stereocenters. The van der Waals surface area contributed by atoms with E-state index in [9.17, 15) is 19.1 Å². The highest BCUT2D eigenvalue weighted by Gasteiger charge is 2.48. The number of nitrogens with zero attached hydrogens (tertiary/aromatic N) is 2. The number of anilines is 1. The van der Waals surface area contributed by atoms with E-state index in [1.807, 2.05) is 0 Å². The number of halogens is 2. The van der Waals surface area contributed by atoms with Gasteiger partial charge in [-0.1, -0.05) is 69.7 Å². The maximum atomic E-state index is 13.7. The number of Topliss-reactive ketones (excluding diaryl/α,β-unsaturated/α-hetero) is 1. The molecule has 5 nitrogen and oxygen atoms in total. The second-order valence-corrected chi connectivity index (χ2v) is 9.12. The van der Waals surface area contributed by atoms with E-state index in [0.717, 1.165) is 15.8 Å². The molecular formula is C24H14BrFN2O3S. The van der Waals surface area contributed by atoms with E-state index in [1.54, 1.807) is 54.6 Å². The molecule has 1 aliphatic heterocycles. The van der Waals surface area contributed by atoms with Gasteiger partial charge in [0.2, 0.25) is 0 Å². The Balaban J connectivity index is 1.73. The van der Waals surface area contributed by atoms with Crippen molar-refractivity contribution in [2.24, 2.45) is 0 Å². The molecule has 158 valence electrons. The minimum absolute atomic E-state index is 0.0195. The van der Waals surface area contributed by atoms with Crippen molar-refractivity contribution in [1.29, 1.82) is 0 Å². The van der Waals surface area contributed by atoms with Gasteiger partial charge in [0.15, 0.2) is 5.13 Å². The molecule has 0 radical (unpaired) electrons. The number of carbonyl (C=O) groups is 2. The molecule has 0 aliphatic carbocycles. The zero-order chi connectivity index (χ0) is 22.4. The van der Waals surface area contributed by atoms with Gasteiger partial charge in [0, 0.05) is 10.0 Å². The number of hydrogen-bond acceptors (Lipinski definition) is 5. The first kappa shape index (κ1) is 20.5. The molecule has 4 aromatic rings. The van der Waals surface area contributed by atoms with Crippen LogP contribution in [0.2, 0.25) is 0 Å². The number of carbonyl (C=O) groups excluding carboxylic acids is 2. The molecule has 1 fully saturated rings. The van der Waals surface area contributed by atoms with Crippen molar-refractivity contribution in [2.75, 3.05) is 4.90 Å². The summed E-state index contributed by atoms with van der Waals surface area (Å²) in [6, 6.07) is 19.0. The molecular weight excluding hydrogens is 495 g/mol. The fourth-order valence-corrected chi connectivity index (χ4v) is 5.01. The SMILES string of the molecule is O=C1C(=O)N(c2nc3ccc(F)cc3s2)[C@H](c2ccc(Br)cc2)C1=C(O)c1ccccc1. The summed E-state index contributed by atoms with van der Waals surface area (Å²) in [4.78, 5) is 32.0. The van der Waals surface area contributed by atoms with Crippen molar-refractivity contribution in [1.82, 2.24) is 4.98 Å². The van der Waals surface area contributed by atoms with Gasteiger partial charge in [0.25, 0.3) is 5.78 Å². The van der Waals surface area contributed by atoms with Gasteiger partial charge in [-0.2, -0.15) is 0 Å². The lowest BCUT2D eigenvalue weighted by atomic mass is 9.95. The van der Waals surface area contributed by atoms with Crippen LogP contribution in [-0.2, 0) is 9.59 Å². The smallest absolute Gasteiger partial charge is 0.301 e. The van der Waals surface area contributed by atoms with E-state index >= 15 is 0 Å². The van der Waals surface area contributed by atoms with Crippen LogP contribution in [0.4, 0.5) is 9.52 Å². The Hall–Kier alpha value is -3.36. The van der Waals surface area contributed by atoms with Crippen molar-refractivity contribution in [3.05, 3.63) is 99.8 Å². The summed E-state index contributed by atoms with van der Waals surface area (Å²) in [5, 5.41) is 11.3. The molecule has 2 heterocycles. The standard InChI is InChI=1S/C24H14BrFN2O3S/c25-15-8-6-13(7-9-15)20-19(21(29)14-4-2-1-3-5-14)22(30)23(31)28(20)24-27-17-11-10-16(26)12-18(17)32-24/h1-12,20,29H/t20-/m1/s1. The second-order valence-electron chi connectivity index (χ2n) is 7.20. The van der Waals surface area contributed by atoms with Crippen LogP contribution in [0.5, 0.6) is 0 Å². The fourth-order valence-electron chi connectivity index (χ4n) is 3.73. The molecule has 1 amide bonds. The minimum Gasteiger partial charge on any atom is -0.507 e. The number of fused-ring (bicyclic) bond motifs is 1. The van der Waals surface area contributed by atoms with Crippen LogP contribution in [-0.4, -0.2) is 21.8 Å². The van der Waals surface area contributed by atoms with Crippen LogP contribution in [0.1, 0.15) is 17.2 Å². The molecule has 1 N–H and O–H groups in total. The highest BCUT2D eigenvalue weighted by atomic mass is 79.9. The topological polar surface area (TPSA) is 70.5 Å². The van der Waals surface area contributed by atoms with Crippen LogP contribution in [0.25, 0.3) is 16.0 Å². The van der Waals surface area contributed by atoms with Crippen LogP contribution in [0.3, 0.4) is 0 Å². The number of hydrogen-bond donors (Lipinski definition) is 1. The predicted molar refractivity (Wildman–Crippen MR) is 125 cm³/mol. The predicted octanol–water partition coefficient (Wildman–Crippen LogP) is 5.82. The number of rotatable bonds is 3. The van der Waals surface area contributed by atoms with E-state index in [1.165, 1.54) is 23.1 Å². The Kier molecular flexibility index (Phi) is 5.11. The number of amides is 1. The lowest BCUT2D eigenvalue weighted by Crippen LogP contribution is -2.29. The van der Waals surface area contributed by atoms with E-state index < -0.39 is 23.5 Å². The highest BCUT2D eigenvalue weighted by Crippen LogP contribution is 2.44. The van der Waals surface area contributed by atoms with Gasteiger partial charge < -0.3 is 5.11 Å². The number of thiazole rings is 1. The summed E-state index contributed by atoms with van der Waals surface area (Å²) in [5.74, 6) is -2.27. The third-order valence-corrected chi connectivity index (χ3v) is 6.77. The molecule has 8 heteroatoms. The third-order valence-electron chi connectivity index (χ3n) is 5.22. The molecule has 3 aromatic carbocycles. The minimum atomic E-state index is -0.881. The number of ketones is 1. The van der Waals surface area contributed by atoms with Gasteiger partial charge in [0.05, 0.1) is 21.8 Å². The van der Waals surface area contributed by atoms with E-state index in [4.69, 9.17) is 0 Å². The first-order valence-corrected chi connectivity index (χ1v) is 11.2. The van der Waals surface area contributed by atoms with Crippen LogP contribution in [0.15, 0.2) is 82.8 Å². The van der Waals surface area contributed by atoms with Gasteiger partial charge in [-0.3, -0.25) is 14.5 Å². The molecule has 0 bridgehead atoms. The Morgan fingerprint density at radius 1 is 1.03 bits per heavy atom. The average molecular weight is 509 g/mol. The summed E-state index contributed by atoms with van der Waals surface area (Å²) in [7, 11) is 0. The Labute approximate surface area is 194 Å². The Morgan fingerprint density at radius 2 is 1.75 bits per heavy atom. The Morgan fingerprint density at radius 3 is 2.47 bits per heavy atom. The molecule has 32 heavy (non-hydrogen) atoms. The van der Waals surface area contributed by atoms with E-state index in [2.05, 4.69) is 20.9 Å². The Bertz CT molecular complexity index is 1400. The number of aromatic nitrogens is 1. The fraction of sp³-hybridized carbons (Fsp3) is 0.0417. The molecule has 1 saturated heterocycles. The zero-order valence-electron chi connectivity index (χ0n) is 16.3. The molecule has 5 rings (SSSR count). The first-order chi connectivity index (χ1) is 15.4. The zero-order valence-corrected chi connectivity index (χ0v) is 18.7. The molecule has 0 unspecified atom stereocenters. The summed E-state index contributed by atoms with van der Waals surface area (Å²) in [6.45, 7) is 0. The largest absolute Gasteiger partial charge is 0.507 e. The maximum absolute atomic E-state index is 13.7.